The van der Waals surface area contributed by atoms with Gasteiger partial charge in [-0.1, -0.05) is 30.7 Å². The van der Waals surface area contributed by atoms with Gasteiger partial charge in [0.1, 0.15) is 0 Å². The molecule has 17 heavy (non-hydrogen) atoms. The number of benzene rings is 1. The largest absolute Gasteiger partial charge is 0.340 e. The molecule has 0 saturated carbocycles. The van der Waals surface area contributed by atoms with Crippen molar-refractivity contribution in [1.29, 1.82) is 0 Å². The summed E-state index contributed by atoms with van der Waals surface area (Å²) < 4.78 is 2.36. The van der Waals surface area contributed by atoms with Crippen LogP contribution in [0.15, 0.2) is 24.3 Å². The second-order valence-electron chi connectivity index (χ2n) is 4.41. The standard InChI is InChI=1S/C14H18ClNS/c1-4-17-9-12-8-11-6-5-7-13(15)14(11)16(12)10(2)3/h5-8,10H,4,9H2,1-3H3. The highest BCUT2D eigenvalue weighted by atomic mass is 35.5. The van der Waals surface area contributed by atoms with E-state index in [2.05, 4.69) is 37.5 Å². The minimum atomic E-state index is 0.444. The lowest BCUT2D eigenvalue weighted by atomic mass is 10.2. The van der Waals surface area contributed by atoms with Crippen molar-refractivity contribution in [1.82, 2.24) is 4.57 Å². The van der Waals surface area contributed by atoms with E-state index in [4.69, 9.17) is 11.6 Å². The number of fused-ring (bicyclic) bond motifs is 1. The molecule has 1 aromatic carbocycles. The van der Waals surface area contributed by atoms with Gasteiger partial charge >= 0.3 is 0 Å². The number of hydrogen-bond acceptors (Lipinski definition) is 1. The average Bonchev–Trinajstić information content (AvgIpc) is 2.66. The molecule has 0 saturated heterocycles. The first kappa shape index (κ1) is 12.8. The molecule has 0 N–H and O–H groups in total. The average molecular weight is 268 g/mol. The highest BCUT2D eigenvalue weighted by molar-refractivity contribution is 7.98. The number of nitrogens with zero attached hydrogens (tertiary/aromatic N) is 1. The van der Waals surface area contributed by atoms with Crippen LogP contribution in [-0.4, -0.2) is 10.3 Å². The summed E-state index contributed by atoms with van der Waals surface area (Å²) in [7, 11) is 0. The van der Waals surface area contributed by atoms with Gasteiger partial charge in [-0.15, -0.1) is 0 Å². The first-order valence-electron chi connectivity index (χ1n) is 6.01. The Bertz CT molecular complexity index is 516. The Morgan fingerprint density at radius 2 is 2.12 bits per heavy atom. The maximum absolute atomic E-state index is 6.33. The molecule has 0 fully saturated rings. The minimum Gasteiger partial charge on any atom is -0.340 e. The molecule has 2 rings (SSSR count). The summed E-state index contributed by atoms with van der Waals surface area (Å²) >= 11 is 8.28. The van der Waals surface area contributed by atoms with Gasteiger partial charge in [-0.3, -0.25) is 0 Å². The Morgan fingerprint density at radius 1 is 1.35 bits per heavy atom. The zero-order valence-corrected chi connectivity index (χ0v) is 12.1. The van der Waals surface area contributed by atoms with E-state index >= 15 is 0 Å². The lowest BCUT2D eigenvalue weighted by Gasteiger charge is -2.15. The van der Waals surface area contributed by atoms with Crippen molar-refractivity contribution in [3.8, 4) is 0 Å². The third-order valence-electron chi connectivity index (χ3n) is 2.86. The summed E-state index contributed by atoms with van der Waals surface area (Å²) in [6, 6.07) is 8.84. The first-order chi connectivity index (χ1) is 8.15. The summed E-state index contributed by atoms with van der Waals surface area (Å²) in [5, 5.41) is 2.10. The zero-order chi connectivity index (χ0) is 12.4. The lowest BCUT2D eigenvalue weighted by Crippen LogP contribution is -2.04. The smallest absolute Gasteiger partial charge is 0.0674 e. The Morgan fingerprint density at radius 3 is 2.76 bits per heavy atom. The third kappa shape index (κ3) is 2.48. The van der Waals surface area contributed by atoms with Crippen LogP contribution in [0.5, 0.6) is 0 Å². The monoisotopic (exact) mass is 267 g/mol. The number of para-hydroxylation sites is 1. The van der Waals surface area contributed by atoms with Crippen LogP contribution in [-0.2, 0) is 5.75 Å². The summed E-state index contributed by atoms with van der Waals surface area (Å²) in [5.41, 5.74) is 2.55. The fourth-order valence-corrected chi connectivity index (χ4v) is 3.11. The van der Waals surface area contributed by atoms with E-state index in [1.807, 2.05) is 23.9 Å². The molecule has 0 spiro atoms. The van der Waals surface area contributed by atoms with Crippen LogP contribution in [0.2, 0.25) is 5.02 Å². The van der Waals surface area contributed by atoms with Gasteiger partial charge in [-0.05, 0) is 31.7 Å². The van der Waals surface area contributed by atoms with Crippen LogP contribution < -0.4 is 0 Å². The van der Waals surface area contributed by atoms with Crippen LogP contribution in [0.4, 0.5) is 0 Å². The van der Waals surface area contributed by atoms with Crippen LogP contribution in [0.3, 0.4) is 0 Å². The molecular formula is C14H18ClNS. The molecule has 2 aromatic rings. The normalized spacial score (nSPS) is 11.6. The Hall–Kier alpha value is -0.600. The zero-order valence-electron chi connectivity index (χ0n) is 10.5. The molecule has 0 aliphatic heterocycles. The predicted molar refractivity (Wildman–Crippen MR) is 79.2 cm³/mol. The van der Waals surface area contributed by atoms with Crippen LogP contribution in [0.25, 0.3) is 10.9 Å². The number of halogens is 1. The molecule has 0 unspecified atom stereocenters. The molecule has 0 aliphatic carbocycles. The second kappa shape index (κ2) is 5.36. The van der Waals surface area contributed by atoms with Gasteiger partial charge in [-0.2, -0.15) is 11.8 Å². The topological polar surface area (TPSA) is 4.93 Å². The van der Waals surface area contributed by atoms with E-state index in [0.29, 0.717) is 6.04 Å². The van der Waals surface area contributed by atoms with Crippen molar-refractivity contribution in [3.05, 3.63) is 35.0 Å². The molecule has 1 aromatic heterocycles. The maximum atomic E-state index is 6.33. The molecule has 0 aliphatic rings. The highest BCUT2D eigenvalue weighted by Crippen LogP contribution is 2.31. The van der Waals surface area contributed by atoms with Gasteiger partial charge in [0.15, 0.2) is 0 Å². The second-order valence-corrected chi connectivity index (χ2v) is 6.10. The maximum Gasteiger partial charge on any atom is 0.0674 e. The molecule has 1 heterocycles. The highest BCUT2D eigenvalue weighted by Gasteiger charge is 2.13. The van der Waals surface area contributed by atoms with E-state index in [9.17, 15) is 0 Å². The van der Waals surface area contributed by atoms with Crippen molar-refractivity contribution in [3.63, 3.8) is 0 Å². The van der Waals surface area contributed by atoms with Crippen molar-refractivity contribution < 1.29 is 0 Å². The minimum absolute atomic E-state index is 0.444. The van der Waals surface area contributed by atoms with Gasteiger partial charge in [0.2, 0.25) is 0 Å². The first-order valence-corrected chi connectivity index (χ1v) is 7.54. The van der Waals surface area contributed by atoms with E-state index in [1.165, 1.54) is 16.6 Å². The van der Waals surface area contributed by atoms with Crippen LogP contribution in [0, 0.1) is 0 Å². The summed E-state index contributed by atoms with van der Waals surface area (Å²) in [6.45, 7) is 6.62. The number of hydrogen-bond donors (Lipinski definition) is 0. The van der Waals surface area contributed by atoms with Crippen LogP contribution >= 0.6 is 23.4 Å². The molecule has 0 atom stereocenters. The SMILES string of the molecule is CCSCc1cc2cccc(Cl)c2n1C(C)C. The fourth-order valence-electron chi connectivity index (χ4n) is 2.20. The Balaban J connectivity index is 2.59. The van der Waals surface area contributed by atoms with Gasteiger partial charge in [-0.25, -0.2) is 0 Å². The fraction of sp³-hybridized carbons (Fsp3) is 0.429. The van der Waals surface area contributed by atoms with Crippen molar-refractivity contribution in [2.24, 2.45) is 0 Å². The van der Waals surface area contributed by atoms with Crippen molar-refractivity contribution in [2.45, 2.75) is 32.6 Å². The van der Waals surface area contributed by atoms with Gasteiger partial charge in [0, 0.05) is 22.9 Å². The molecule has 0 amide bonds. The molecule has 1 nitrogen and oxygen atoms in total. The van der Waals surface area contributed by atoms with E-state index in [1.54, 1.807) is 0 Å². The molecular weight excluding hydrogens is 250 g/mol. The number of aromatic nitrogens is 1. The van der Waals surface area contributed by atoms with Gasteiger partial charge in [0.05, 0.1) is 10.5 Å². The van der Waals surface area contributed by atoms with Crippen molar-refractivity contribution >= 4 is 34.3 Å². The summed E-state index contributed by atoms with van der Waals surface area (Å²) in [6.07, 6.45) is 0. The van der Waals surface area contributed by atoms with E-state index in [0.717, 1.165) is 16.5 Å². The van der Waals surface area contributed by atoms with Crippen molar-refractivity contribution in [2.75, 3.05) is 5.75 Å². The van der Waals surface area contributed by atoms with Gasteiger partial charge in [0.25, 0.3) is 0 Å². The third-order valence-corrected chi connectivity index (χ3v) is 4.07. The summed E-state index contributed by atoms with van der Waals surface area (Å²) in [4.78, 5) is 0. The molecule has 0 radical (unpaired) electrons. The summed E-state index contributed by atoms with van der Waals surface area (Å²) in [5.74, 6) is 2.20. The Labute approximate surface area is 112 Å². The van der Waals surface area contributed by atoms with Crippen LogP contribution in [0.1, 0.15) is 32.5 Å². The molecule has 3 heteroatoms. The number of thioether (sulfide) groups is 1. The quantitative estimate of drug-likeness (QED) is 0.744. The molecule has 92 valence electrons. The number of rotatable bonds is 4. The Kier molecular flexibility index (Phi) is 4.05. The van der Waals surface area contributed by atoms with E-state index in [-0.39, 0.29) is 0 Å². The lowest BCUT2D eigenvalue weighted by molar-refractivity contribution is 0.606. The van der Waals surface area contributed by atoms with E-state index < -0.39 is 0 Å². The predicted octanol–water partition coefficient (Wildman–Crippen LogP) is 5.13. The van der Waals surface area contributed by atoms with Gasteiger partial charge < -0.3 is 4.57 Å². The molecule has 0 bridgehead atoms.